The third-order valence-electron chi connectivity index (χ3n) is 2.95. The van der Waals surface area contributed by atoms with Gasteiger partial charge in [0.05, 0.1) is 5.39 Å². The molecule has 2 heterocycles. The smallest absolute Gasteiger partial charge is 0.241 e. The predicted octanol–water partition coefficient (Wildman–Crippen LogP) is 4.04. The fourth-order valence-electron chi connectivity index (χ4n) is 1.95. The van der Waals surface area contributed by atoms with Crippen LogP contribution >= 0.6 is 22.9 Å². The van der Waals surface area contributed by atoms with Crippen molar-refractivity contribution in [2.45, 2.75) is 13.8 Å². The van der Waals surface area contributed by atoms with Crippen molar-refractivity contribution in [3.8, 4) is 11.6 Å². The number of anilines is 1. The second kappa shape index (κ2) is 5.48. The molecule has 3 N–H and O–H groups in total. The number of aryl methyl sites for hydroxylation is 2. The van der Waals surface area contributed by atoms with Crippen molar-refractivity contribution < 1.29 is 4.74 Å². The minimum absolute atomic E-state index is 0.324. The van der Waals surface area contributed by atoms with Crippen molar-refractivity contribution in [2.24, 2.45) is 5.84 Å². The average Bonchev–Trinajstić information content (AvgIpc) is 2.83. The fraction of sp³-hybridized carbons (Fsp3) is 0.143. The Kier molecular flexibility index (Phi) is 3.67. The van der Waals surface area contributed by atoms with Crippen LogP contribution in [0.15, 0.2) is 24.3 Å². The Bertz CT molecular complexity index is 818. The summed E-state index contributed by atoms with van der Waals surface area (Å²) < 4.78 is 5.88. The maximum absolute atomic E-state index is 6.02. The summed E-state index contributed by atoms with van der Waals surface area (Å²) in [7, 11) is 0. The van der Waals surface area contributed by atoms with Gasteiger partial charge < -0.3 is 4.74 Å². The number of nitrogens with zero attached hydrogens (tertiary/aromatic N) is 2. The van der Waals surface area contributed by atoms with E-state index in [1.165, 1.54) is 0 Å². The maximum Gasteiger partial charge on any atom is 0.241 e. The van der Waals surface area contributed by atoms with E-state index in [9.17, 15) is 0 Å². The molecule has 0 saturated carbocycles. The average molecular weight is 321 g/mol. The van der Waals surface area contributed by atoms with Gasteiger partial charge in [-0.2, -0.15) is 4.98 Å². The zero-order chi connectivity index (χ0) is 15.0. The number of benzene rings is 1. The Labute approximate surface area is 130 Å². The van der Waals surface area contributed by atoms with Gasteiger partial charge in [-0.15, -0.1) is 11.3 Å². The molecule has 0 saturated heterocycles. The molecule has 0 spiro atoms. The molecule has 3 aromatic rings. The Hall–Kier alpha value is -1.89. The number of aromatic nitrogens is 2. The second-order valence-electron chi connectivity index (χ2n) is 4.59. The van der Waals surface area contributed by atoms with Crippen LogP contribution in [0.3, 0.4) is 0 Å². The lowest BCUT2D eigenvalue weighted by molar-refractivity contribution is 0.469. The van der Waals surface area contributed by atoms with Gasteiger partial charge in [0, 0.05) is 9.90 Å². The van der Waals surface area contributed by atoms with E-state index in [2.05, 4.69) is 15.4 Å². The summed E-state index contributed by atoms with van der Waals surface area (Å²) in [5.74, 6) is 6.88. The first-order valence-electron chi connectivity index (χ1n) is 6.25. The number of hydrazine groups is 1. The predicted molar refractivity (Wildman–Crippen MR) is 86.2 cm³/mol. The van der Waals surface area contributed by atoms with Gasteiger partial charge in [0.2, 0.25) is 11.8 Å². The fourth-order valence-corrected chi connectivity index (χ4v) is 2.94. The zero-order valence-electron chi connectivity index (χ0n) is 11.5. The molecule has 2 aromatic heterocycles. The van der Waals surface area contributed by atoms with Crippen LogP contribution in [0.1, 0.15) is 10.4 Å². The molecular formula is C14H13ClN4OS. The van der Waals surface area contributed by atoms with Gasteiger partial charge in [-0.1, -0.05) is 11.6 Å². The summed E-state index contributed by atoms with van der Waals surface area (Å²) in [6, 6.07) is 7.47. The highest BCUT2D eigenvalue weighted by molar-refractivity contribution is 7.18. The largest absolute Gasteiger partial charge is 0.438 e. The summed E-state index contributed by atoms with van der Waals surface area (Å²) in [5.41, 5.74) is 3.40. The number of rotatable bonds is 3. The van der Waals surface area contributed by atoms with Crippen molar-refractivity contribution in [3.05, 3.63) is 39.7 Å². The van der Waals surface area contributed by atoms with E-state index in [0.717, 1.165) is 20.7 Å². The van der Waals surface area contributed by atoms with Crippen molar-refractivity contribution in [1.82, 2.24) is 9.97 Å². The summed E-state index contributed by atoms with van der Waals surface area (Å²) in [4.78, 5) is 10.6. The number of halogens is 1. The van der Waals surface area contributed by atoms with E-state index in [-0.39, 0.29) is 0 Å². The Morgan fingerprint density at radius 1 is 1.24 bits per heavy atom. The normalized spacial score (nSPS) is 10.9. The molecule has 21 heavy (non-hydrogen) atoms. The second-order valence-corrected chi connectivity index (χ2v) is 6.23. The molecule has 3 rings (SSSR count). The molecule has 0 atom stereocenters. The zero-order valence-corrected chi connectivity index (χ0v) is 13.0. The van der Waals surface area contributed by atoms with E-state index in [0.29, 0.717) is 22.6 Å². The first-order valence-corrected chi connectivity index (χ1v) is 7.45. The molecule has 0 amide bonds. The number of nitrogens with two attached hydrogens (primary N) is 1. The van der Waals surface area contributed by atoms with Crippen molar-refractivity contribution in [1.29, 1.82) is 0 Å². The highest BCUT2D eigenvalue weighted by Gasteiger charge is 2.12. The molecule has 0 unspecified atom stereocenters. The lowest BCUT2D eigenvalue weighted by Gasteiger charge is -2.08. The third-order valence-corrected chi connectivity index (χ3v) is 4.32. The third kappa shape index (κ3) is 2.78. The number of thiophene rings is 1. The van der Waals surface area contributed by atoms with E-state index >= 15 is 0 Å². The Morgan fingerprint density at radius 3 is 2.76 bits per heavy atom. The van der Waals surface area contributed by atoms with Gasteiger partial charge in [-0.25, -0.2) is 10.8 Å². The number of nitrogen functional groups attached to an aromatic ring is 1. The van der Waals surface area contributed by atoms with E-state index in [1.54, 1.807) is 23.5 Å². The molecule has 5 nitrogen and oxygen atoms in total. The first kappa shape index (κ1) is 14.1. The standard InChI is InChI=1S/C14H13ClN4OS/c1-7-5-9(3-4-11(7)15)20-12-10-6-8(2)21-13(10)18-14(17-12)19-16/h3-6H,16H2,1-2H3,(H,17,18,19). The van der Waals surface area contributed by atoms with Gasteiger partial charge in [0.25, 0.3) is 0 Å². The minimum atomic E-state index is 0.324. The van der Waals surface area contributed by atoms with Gasteiger partial charge in [0.15, 0.2) is 0 Å². The number of nitrogens with one attached hydrogen (secondary N) is 1. The molecule has 0 aliphatic carbocycles. The van der Waals surface area contributed by atoms with Crippen LogP contribution in [0.2, 0.25) is 5.02 Å². The van der Waals surface area contributed by atoms with Gasteiger partial charge in [-0.05, 0) is 43.7 Å². The van der Waals surface area contributed by atoms with E-state index in [4.69, 9.17) is 22.2 Å². The topological polar surface area (TPSA) is 73.1 Å². The number of fused-ring (bicyclic) bond motifs is 1. The van der Waals surface area contributed by atoms with Gasteiger partial charge in [0.1, 0.15) is 10.6 Å². The van der Waals surface area contributed by atoms with Crippen LogP contribution in [-0.2, 0) is 0 Å². The van der Waals surface area contributed by atoms with E-state index < -0.39 is 0 Å². The highest BCUT2D eigenvalue weighted by Crippen LogP contribution is 2.34. The van der Waals surface area contributed by atoms with Gasteiger partial charge in [-0.3, -0.25) is 5.43 Å². The molecule has 0 aliphatic heterocycles. The number of ether oxygens (including phenoxy) is 1. The minimum Gasteiger partial charge on any atom is -0.438 e. The quantitative estimate of drug-likeness (QED) is 0.563. The molecule has 0 aliphatic rings. The van der Waals surface area contributed by atoms with Crippen LogP contribution < -0.4 is 16.0 Å². The van der Waals surface area contributed by atoms with Crippen molar-refractivity contribution in [2.75, 3.05) is 5.43 Å². The number of hydrogen-bond donors (Lipinski definition) is 2. The van der Waals surface area contributed by atoms with Gasteiger partial charge >= 0.3 is 0 Å². The maximum atomic E-state index is 6.02. The molecule has 0 radical (unpaired) electrons. The van der Waals surface area contributed by atoms with Crippen molar-refractivity contribution in [3.63, 3.8) is 0 Å². The summed E-state index contributed by atoms with van der Waals surface area (Å²) >= 11 is 7.59. The van der Waals surface area contributed by atoms with Crippen LogP contribution in [0.4, 0.5) is 5.95 Å². The lowest BCUT2D eigenvalue weighted by Crippen LogP contribution is -2.10. The summed E-state index contributed by atoms with van der Waals surface area (Å²) in [5, 5.41) is 1.56. The van der Waals surface area contributed by atoms with E-state index in [1.807, 2.05) is 26.0 Å². The molecule has 0 bridgehead atoms. The lowest BCUT2D eigenvalue weighted by atomic mass is 10.2. The Morgan fingerprint density at radius 2 is 2.05 bits per heavy atom. The van der Waals surface area contributed by atoms with Crippen molar-refractivity contribution >= 4 is 39.1 Å². The highest BCUT2D eigenvalue weighted by atomic mass is 35.5. The molecule has 0 fully saturated rings. The van der Waals surface area contributed by atoms with Crippen LogP contribution in [-0.4, -0.2) is 9.97 Å². The Balaban J connectivity index is 2.07. The van der Waals surface area contributed by atoms with Crippen LogP contribution in [0.25, 0.3) is 10.2 Å². The monoisotopic (exact) mass is 320 g/mol. The summed E-state index contributed by atoms with van der Waals surface area (Å²) in [6.07, 6.45) is 0. The molecular weight excluding hydrogens is 308 g/mol. The molecule has 7 heteroatoms. The summed E-state index contributed by atoms with van der Waals surface area (Å²) in [6.45, 7) is 3.94. The SMILES string of the molecule is Cc1cc2c(Oc3ccc(Cl)c(C)c3)nc(NN)nc2s1. The van der Waals surface area contributed by atoms with Crippen LogP contribution in [0, 0.1) is 13.8 Å². The van der Waals surface area contributed by atoms with Crippen LogP contribution in [0.5, 0.6) is 11.6 Å². The first-order chi connectivity index (χ1) is 10.1. The molecule has 1 aromatic carbocycles. The number of hydrogen-bond acceptors (Lipinski definition) is 6. The molecule has 108 valence electrons.